The Kier molecular flexibility index (Phi) is 9.17. The molecular formula is C34H39F2NO4S. The van der Waals surface area contributed by atoms with Crippen molar-refractivity contribution >= 4 is 12.6 Å². The molecule has 3 aromatic rings. The van der Waals surface area contributed by atoms with E-state index >= 15 is 0 Å². The lowest BCUT2D eigenvalue weighted by Crippen LogP contribution is -2.41. The molecule has 224 valence electrons. The highest BCUT2D eigenvalue weighted by Gasteiger charge is 2.34. The Morgan fingerprint density at radius 1 is 0.976 bits per heavy atom. The summed E-state index contributed by atoms with van der Waals surface area (Å²) in [5, 5.41) is 10.2. The number of aliphatic hydroxyl groups excluding tert-OH is 1. The first-order valence-corrected chi connectivity index (χ1v) is 15.5. The van der Waals surface area contributed by atoms with Crippen molar-refractivity contribution in [2.75, 3.05) is 19.7 Å². The SMILES string of the molecule is Cc1ccc([C@H]2C[C@@H](O)C[C@@H](S)O2)cc1Cc1ccc(O[C@@H]2CCN([C@H]3CC[C@@H](c4cc(F)ccc4F)OC3)C2)cc1. The van der Waals surface area contributed by atoms with Crippen LogP contribution in [-0.2, 0) is 15.9 Å². The number of hydrogen-bond acceptors (Lipinski definition) is 6. The Morgan fingerprint density at radius 2 is 1.81 bits per heavy atom. The summed E-state index contributed by atoms with van der Waals surface area (Å²) in [6.45, 7) is 4.38. The number of likely N-dealkylation sites (tertiary alicyclic amines) is 1. The summed E-state index contributed by atoms with van der Waals surface area (Å²) in [4.78, 5) is 2.40. The Balaban J connectivity index is 1.00. The van der Waals surface area contributed by atoms with Gasteiger partial charge in [0, 0.05) is 37.5 Å². The zero-order valence-electron chi connectivity index (χ0n) is 23.9. The maximum absolute atomic E-state index is 14.2. The van der Waals surface area contributed by atoms with Gasteiger partial charge in [-0.25, -0.2) is 8.78 Å². The van der Waals surface area contributed by atoms with Crippen molar-refractivity contribution in [1.82, 2.24) is 4.90 Å². The lowest BCUT2D eigenvalue weighted by molar-refractivity contribution is -0.0598. The van der Waals surface area contributed by atoms with Gasteiger partial charge < -0.3 is 19.3 Å². The average molecular weight is 596 g/mol. The largest absolute Gasteiger partial charge is 0.489 e. The Labute approximate surface area is 252 Å². The molecule has 3 aliphatic heterocycles. The van der Waals surface area contributed by atoms with E-state index in [1.54, 1.807) is 0 Å². The minimum Gasteiger partial charge on any atom is -0.489 e. The fourth-order valence-electron chi connectivity index (χ4n) is 6.49. The predicted octanol–water partition coefficient (Wildman–Crippen LogP) is 6.71. The minimum atomic E-state index is -0.438. The molecule has 3 heterocycles. The summed E-state index contributed by atoms with van der Waals surface area (Å²) in [5.74, 6) is 0.0143. The molecule has 5 nitrogen and oxygen atoms in total. The van der Waals surface area contributed by atoms with Crippen LogP contribution >= 0.6 is 12.6 Å². The topological polar surface area (TPSA) is 51.2 Å². The normalized spacial score (nSPS) is 28.6. The van der Waals surface area contributed by atoms with E-state index in [9.17, 15) is 13.9 Å². The van der Waals surface area contributed by atoms with Crippen LogP contribution in [0.5, 0.6) is 5.75 Å². The van der Waals surface area contributed by atoms with Gasteiger partial charge >= 0.3 is 0 Å². The molecule has 3 fully saturated rings. The lowest BCUT2D eigenvalue weighted by Gasteiger charge is -2.35. The molecule has 6 atom stereocenters. The summed E-state index contributed by atoms with van der Waals surface area (Å²) in [7, 11) is 0. The van der Waals surface area contributed by atoms with Crippen LogP contribution in [0, 0.1) is 18.6 Å². The minimum absolute atomic E-state index is 0.106. The van der Waals surface area contributed by atoms with Gasteiger partial charge in [-0.15, -0.1) is 12.6 Å². The molecular weight excluding hydrogens is 556 g/mol. The molecule has 0 bridgehead atoms. The summed E-state index contributed by atoms with van der Waals surface area (Å²) >= 11 is 4.44. The summed E-state index contributed by atoms with van der Waals surface area (Å²) in [5.41, 5.74) is 4.82. The molecule has 3 saturated heterocycles. The van der Waals surface area contributed by atoms with Crippen LogP contribution in [0.15, 0.2) is 60.7 Å². The number of aryl methyl sites for hydroxylation is 1. The van der Waals surface area contributed by atoms with Gasteiger partial charge in [0.25, 0.3) is 0 Å². The fourth-order valence-corrected chi connectivity index (χ4v) is 6.88. The van der Waals surface area contributed by atoms with E-state index in [1.807, 2.05) is 12.1 Å². The van der Waals surface area contributed by atoms with E-state index in [4.69, 9.17) is 14.2 Å². The molecule has 0 amide bonds. The molecule has 1 N–H and O–H groups in total. The van der Waals surface area contributed by atoms with E-state index in [1.165, 1.54) is 28.8 Å². The third kappa shape index (κ3) is 7.00. The van der Waals surface area contributed by atoms with Crippen molar-refractivity contribution in [2.24, 2.45) is 0 Å². The number of ether oxygens (including phenoxy) is 3. The lowest BCUT2D eigenvalue weighted by atomic mass is 9.93. The number of thiol groups is 1. The third-order valence-corrected chi connectivity index (χ3v) is 9.23. The Bertz CT molecular complexity index is 1350. The van der Waals surface area contributed by atoms with Crippen molar-refractivity contribution in [1.29, 1.82) is 0 Å². The molecule has 3 aliphatic rings. The molecule has 8 heteroatoms. The quantitative estimate of drug-likeness (QED) is 0.298. The zero-order chi connectivity index (χ0) is 29.2. The average Bonchev–Trinajstić information content (AvgIpc) is 3.44. The molecule has 0 radical (unpaired) electrons. The van der Waals surface area contributed by atoms with Crippen molar-refractivity contribution in [3.8, 4) is 5.75 Å². The number of benzene rings is 3. The van der Waals surface area contributed by atoms with Crippen molar-refractivity contribution in [2.45, 2.75) is 81.3 Å². The van der Waals surface area contributed by atoms with Gasteiger partial charge in [0.05, 0.1) is 24.9 Å². The van der Waals surface area contributed by atoms with E-state index in [0.717, 1.165) is 49.7 Å². The maximum Gasteiger partial charge on any atom is 0.129 e. The monoisotopic (exact) mass is 595 g/mol. The summed E-state index contributed by atoms with van der Waals surface area (Å²) in [6.07, 6.45) is 3.62. The van der Waals surface area contributed by atoms with E-state index < -0.39 is 23.8 Å². The number of halogens is 2. The molecule has 6 rings (SSSR count). The molecule has 0 spiro atoms. The van der Waals surface area contributed by atoms with Crippen LogP contribution < -0.4 is 4.74 Å². The molecule has 42 heavy (non-hydrogen) atoms. The van der Waals surface area contributed by atoms with Crippen molar-refractivity contribution in [3.05, 3.63) is 100 Å². The van der Waals surface area contributed by atoms with Crippen LogP contribution in [0.3, 0.4) is 0 Å². The molecule has 3 aromatic carbocycles. The van der Waals surface area contributed by atoms with E-state index in [0.29, 0.717) is 31.4 Å². The standard InChI is InChI=1S/C34H39F2NO4S/c1-21-2-5-23(33-17-27(38)18-34(42)41-33)15-24(21)14-22-3-8-28(9-4-22)40-29-12-13-37(19-29)26-7-11-32(39-20-26)30-16-25(35)6-10-31(30)36/h2-6,8-10,15-16,26-27,29,32-34,38,42H,7,11-14,17-20H2,1H3/t26-,27+,29+,32-,33+,34+/m0/s1. The predicted molar refractivity (Wildman–Crippen MR) is 161 cm³/mol. The molecule has 0 aliphatic carbocycles. The summed E-state index contributed by atoms with van der Waals surface area (Å²) < 4.78 is 46.1. The van der Waals surface area contributed by atoms with Gasteiger partial charge in [-0.1, -0.05) is 30.3 Å². The van der Waals surface area contributed by atoms with Gasteiger partial charge in [0.1, 0.15) is 28.9 Å². The number of rotatable bonds is 7. The summed E-state index contributed by atoms with van der Waals surface area (Å²) in [6, 6.07) is 18.6. The van der Waals surface area contributed by atoms with E-state index in [2.05, 4.69) is 54.8 Å². The van der Waals surface area contributed by atoms with Crippen molar-refractivity contribution < 1.29 is 28.1 Å². The van der Waals surface area contributed by atoms with Gasteiger partial charge in [-0.2, -0.15) is 0 Å². The molecule has 0 aromatic heterocycles. The van der Waals surface area contributed by atoms with Crippen LogP contribution in [0.1, 0.15) is 72.1 Å². The number of hydrogen-bond donors (Lipinski definition) is 2. The first-order chi connectivity index (χ1) is 20.3. The van der Waals surface area contributed by atoms with Gasteiger partial charge in [0.2, 0.25) is 0 Å². The third-order valence-electron chi connectivity index (χ3n) is 8.90. The second-order valence-corrected chi connectivity index (χ2v) is 12.5. The van der Waals surface area contributed by atoms with Gasteiger partial charge in [0.15, 0.2) is 0 Å². The number of nitrogens with zero attached hydrogens (tertiary/aromatic N) is 1. The first kappa shape index (κ1) is 29.6. The van der Waals surface area contributed by atoms with Crippen LogP contribution in [0.2, 0.25) is 0 Å². The Morgan fingerprint density at radius 3 is 2.57 bits per heavy atom. The highest BCUT2D eigenvalue weighted by Crippen LogP contribution is 2.35. The van der Waals surface area contributed by atoms with Crippen LogP contribution in [0.4, 0.5) is 8.78 Å². The highest BCUT2D eigenvalue weighted by molar-refractivity contribution is 7.80. The zero-order valence-corrected chi connectivity index (χ0v) is 24.8. The molecule has 0 saturated carbocycles. The van der Waals surface area contributed by atoms with Crippen LogP contribution in [0.25, 0.3) is 0 Å². The second kappa shape index (κ2) is 13.0. The van der Waals surface area contributed by atoms with E-state index in [-0.39, 0.29) is 23.7 Å². The molecule has 0 unspecified atom stereocenters. The van der Waals surface area contributed by atoms with Crippen LogP contribution in [-0.4, -0.2) is 53.4 Å². The Hall–Kier alpha value is -2.49. The number of aliphatic hydroxyl groups is 1. The maximum atomic E-state index is 14.2. The first-order valence-electron chi connectivity index (χ1n) is 15.0. The second-order valence-electron chi connectivity index (χ2n) is 12.0. The van der Waals surface area contributed by atoms with Gasteiger partial charge in [-0.05, 0) is 85.2 Å². The highest BCUT2D eigenvalue weighted by atomic mass is 32.1. The fraction of sp³-hybridized carbons (Fsp3) is 0.471. The van der Waals surface area contributed by atoms with Crippen molar-refractivity contribution in [3.63, 3.8) is 0 Å². The smallest absolute Gasteiger partial charge is 0.129 e. The van der Waals surface area contributed by atoms with Gasteiger partial charge in [-0.3, -0.25) is 4.90 Å².